The van der Waals surface area contributed by atoms with Gasteiger partial charge in [0.15, 0.2) is 0 Å². The minimum atomic E-state index is -3.07. The van der Waals surface area contributed by atoms with Crippen LogP contribution >= 0.6 is 0 Å². The monoisotopic (exact) mass is 274 g/mol. The molecule has 0 bridgehead atoms. The molecule has 0 aliphatic carbocycles. The summed E-state index contributed by atoms with van der Waals surface area (Å²) in [6.07, 6.45) is 3.93. The first-order valence-electron chi connectivity index (χ1n) is 5.98. The maximum atomic E-state index is 10.9. The zero-order valence-corrected chi connectivity index (χ0v) is 12.2. The van der Waals surface area contributed by atoms with E-state index in [1.807, 2.05) is 20.2 Å². The summed E-state index contributed by atoms with van der Waals surface area (Å²) in [7, 11) is -1.17. The molecule has 18 heavy (non-hydrogen) atoms. The van der Waals surface area contributed by atoms with E-state index in [9.17, 15) is 8.42 Å². The molecular weight excluding hydrogens is 252 g/mol. The van der Waals surface area contributed by atoms with E-state index in [1.54, 1.807) is 4.68 Å². The van der Waals surface area contributed by atoms with Crippen molar-refractivity contribution in [3.8, 4) is 0 Å². The van der Waals surface area contributed by atoms with Crippen LogP contribution in [0.1, 0.15) is 30.6 Å². The van der Waals surface area contributed by atoms with Gasteiger partial charge in [0.1, 0.15) is 0 Å². The highest BCUT2D eigenvalue weighted by Crippen LogP contribution is 2.14. The summed E-state index contributed by atoms with van der Waals surface area (Å²) in [5, 5.41) is 7.65. The summed E-state index contributed by atoms with van der Waals surface area (Å²) < 4.78 is 26.0. The second-order valence-corrected chi connectivity index (χ2v) is 6.37. The Hall–Kier alpha value is -0.920. The molecular formula is C11H22N4O2S. The molecule has 0 saturated heterocycles. The molecule has 104 valence electrons. The molecule has 2 N–H and O–H groups in total. The first kappa shape index (κ1) is 15.1. The third-order valence-corrected chi connectivity index (χ3v) is 3.41. The van der Waals surface area contributed by atoms with Gasteiger partial charge >= 0.3 is 0 Å². The lowest BCUT2D eigenvalue weighted by molar-refractivity contribution is 0.546. The van der Waals surface area contributed by atoms with Gasteiger partial charge in [-0.05, 0) is 26.8 Å². The summed E-state index contributed by atoms with van der Waals surface area (Å²) >= 11 is 0. The van der Waals surface area contributed by atoms with Gasteiger partial charge < -0.3 is 5.32 Å². The van der Waals surface area contributed by atoms with E-state index >= 15 is 0 Å². The topological polar surface area (TPSA) is 76.0 Å². The smallest absolute Gasteiger partial charge is 0.208 e. The minimum Gasteiger partial charge on any atom is -0.310 e. The minimum absolute atomic E-state index is 0.219. The van der Waals surface area contributed by atoms with Crippen molar-refractivity contribution >= 4 is 10.0 Å². The lowest BCUT2D eigenvalue weighted by atomic mass is 10.1. The first-order chi connectivity index (χ1) is 8.29. The van der Waals surface area contributed by atoms with Gasteiger partial charge in [0.25, 0.3) is 0 Å². The summed E-state index contributed by atoms with van der Waals surface area (Å²) in [6.45, 7) is 5.29. The van der Waals surface area contributed by atoms with Gasteiger partial charge in [-0.15, -0.1) is 0 Å². The van der Waals surface area contributed by atoms with Crippen LogP contribution in [0.5, 0.6) is 0 Å². The lowest BCUT2D eigenvalue weighted by Gasteiger charge is -2.12. The van der Waals surface area contributed by atoms with E-state index in [1.165, 1.54) is 11.8 Å². The molecule has 0 fully saturated rings. The normalized spacial score (nSPS) is 13.8. The van der Waals surface area contributed by atoms with Crippen molar-refractivity contribution in [3.63, 3.8) is 0 Å². The lowest BCUT2D eigenvalue weighted by Crippen LogP contribution is -2.27. The average Bonchev–Trinajstić information content (AvgIpc) is 2.55. The Morgan fingerprint density at radius 2 is 2.11 bits per heavy atom. The van der Waals surface area contributed by atoms with E-state index in [-0.39, 0.29) is 6.04 Å². The van der Waals surface area contributed by atoms with Gasteiger partial charge in [-0.1, -0.05) is 0 Å². The third kappa shape index (κ3) is 5.16. The number of aromatic nitrogens is 2. The van der Waals surface area contributed by atoms with Gasteiger partial charge in [0.05, 0.1) is 11.9 Å². The summed E-state index contributed by atoms with van der Waals surface area (Å²) in [6, 6.07) is 0.219. The van der Waals surface area contributed by atoms with Crippen molar-refractivity contribution in [2.24, 2.45) is 7.05 Å². The highest BCUT2D eigenvalue weighted by Gasteiger charge is 2.10. The van der Waals surface area contributed by atoms with E-state index in [0.29, 0.717) is 6.54 Å². The fourth-order valence-electron chi connectivity index (χ4n) is 1.82. The van der Waals surface area contributed by atoms with Crippen molar-refractivity contribution in [2.45, 2.75) is 26.3 Å². The van der Waals surface area contributed by atoms with Crippen LogP contribution in [0.2, 0.25) is 0 Å². The number of nitrogens with zero attached hydrogens (tertiary/aromatic N) is 2. The Morgan fingerprint density at radius 1 is 1.44 bits per heavy atom. The van der Waals surface area contributed by atoms with Gasteiger partial charge in [-0.3, -0.25) is 4.68 Å². The van der Waals surface area contributed by atoms with E-state index in [0.717, 1.165) is 18.7 Å². The molecule has 1 unspecified atom stereocenters. The van der Waals surface area contributed by atoms with Crippen molar-refractivity contribution < 1.29 is 8.42 Å². The van der Waals surface area contributed by atoms with Crippen LogP contribution in [-0.4, -0.2) is 37.5 Å². The molecule has 1 aromatic rings. The maximum absolute atomic E-state index is 10.9. The summed E-state index contributed by atoms with van der Waals surface area (Å²) in [5.41, 5.74) is 2.19. The third-order valence-electron chi connectivity index (χ3n) is 2.69. The SMILES string of the molecule is Cc1nn(C)cc1C(C)NCCCNS(C)(=O)=O. The zero-order chi connectivity index (χ0) is 13.8. The fourth-order valence-corrected chi connectivity index (χ4v) is 2.33. The van der Waals surface area contributed by atoms with Crippen molar-refractivity contribution in [2.75, 3.05) is 19.3 Å². The molecule has 0 saturated carbocycles. The largest absolute Gasteiger partial charge is 0.310 e. The summed E-state index contributed by atoms with van der Waals surface area (Å²) in [4.78, 5) is 0. The first-order valence-corrected chi connectivity index (χ1v) is 7.87. The molecule has 1 atom stereocenters. The Balaban J connectivity index is 2.30. The number of rotatable bonds is 7. The van der Waals surface area contributed by atoms with Crippen LogP contribution in [0.4, 0.5) is 0 Å². The predicted molar refractivity (Wildman–Crippen MR) is 71.8 cm³/mol. The Labute approximate surface area is 109 Å². The van der Waals surface area contributed by atoms with Crippen molar-refractivity contribution in [3.05, 3.63) is 17.5 Å². The van der Waals surface area contributed by atoms with Gasteiger partial charge in [-0.25, -0.2) is 13.1 Å². The van der Waals surface area contributed by atoms with E-state index in [4.69, 9.17) is 0 Å². The molecule has 0 amide bonds. The van der Waals surface area contributed by atoms with Crippen LogP contribution in [0, 0.1) is 6.92 Å². The quantitative estimate of drug-likeness (QED) is 0.702. The standard InChI is InChI=1S/C11H22N4O2S/c1-9(11-8-15(3)14-10(11)2)12-6-5-7-13-18(4,16)17/h8-9,12-13H,5-7H2,1-4H3. The highest BCUT2D eigenvalue weighted by molar-refractivity contribution is 7.88. The Morgan fingerprint density at radius 3 is 2.61 bits per heavy atom. The molecule has 7 heteroatoms. The number of aryl methyl sites for hydroxylation is 2. The fraction of sp³-hybridized carbons (Fsp3) is 0.727. The molecule has 0 aromatic carbocycles. The van der Waals surface area contributed by atoms with Crippen LogP contribution < -0.4 is 10.0 Å². The summed E-state index contributed by atoms with van der Waals surface area (Å²) in [5.74, 6) is 0. The average molecular weight is 274 g/mol. The highest BCUT2D eigenvalue weighted by atomic mass is 32.2. The number of hydrogen-bond acceptors (Lipinski definition) is 4. The van der Waals surface area contributed by atoms with Crippen LogP contribution in [0.3, 0.4) is 0 Å². The van der Waals surface area contributed by atoms with Gasteiger partial charge in [0, 0.05) is 31.4 Å². The number of hydrogen-bond donors (Lipinski definition) is 2. The van der Waals surface area contributed by atoms with Crippen molar-refractivity contribution in [1.29, 1.82) is 0 Å². The van der Waals surface area contributed by atoms with Gasteiger partial charge in [-0.2, -0.15) is 5.10 Å². The molecule has 1 rings (SSSR count). The van der Waals surface area contributed by atoms with Gasteiger partial charge in [0.2, 0.25) is 10.0 Å². The molecule has 0 radical (unpaired) electrons. The molecule has 0 aliphatic rings. The van der Waals surface area contributed by atoms with Crippen LogP contribution in [0.15, 0.2) is 6.20 Å². The van der Waals surface area contributed by atoms with E-state index < -0.39 is 10.0 Å². The van der Waals surface area contributed by atoms with Crippen molar-refractivity contribution in [1.82, 2.24) is 19.8 Å². The van der Waals surface area contributed by atoms with Crippen LogP contribution in [0.25, 0.3) is 0 Å². The number of nitrogens with one attached hydrogen (secondary N) is 2. The Kier molecular flexibility index (Phi) is 5.30. The molecule has 0 aliphatic heterocycles. The second-order valence-electron chi connectivity index (χ2n) is 4.54. The zero-order valence-electron chi connectivity index (χ0n) is 11.4. The maximum Gasteiger partial charge on any atom is 0.208 e. The Bertz CT molecular complexity index is 481. The van der Waals surface area contributed by atoms with Crippen LogP contribution in [-0.2, 0) is 17.1 Å². The predicted octanol–water partition coefficient (Wildman–Crippen LogP) is 0.318. The molecule has 6 nitrogen and oxygen atoms in total. The molecule has 1 heterocycles. The molecule has 1 aromatic heterocycles. The number of sulfonamides is 1. The van der Waals surface area contributed by atoms with E-state index in [2.05, 4.69) is 22.1 Å². The molecule has 0 spiro atoms. The second kappa shape index (κ2) is 6.31.